The summed E-state index contributed by atoms with van der Waals surface area (Å²) in [6.07, 6.45) is 0. The quantitative estimate of drug-likeness (QED) is 0.902. The molecular weight excluding hydrogens is 279 g/mol. The maximum Gasteiger partial charge on any atom is 0.219 e. The van der Waals surface area contributed by atoms with Crippen LogP contribution in [0.1, 0.15) is 18.2 Å². The summed E-state index contributed by atoms with van der Waals surface area (Å²) in [5, 5.41) is 3.26. The number of pyridine rings is 1. The number of aromatic nitrogens is 1. The summed E-state index contributed by atoms with van der Waals surface area (Å²) in [4.78, 5) is 4.25. The predicted molar refractivity (Wildman–Crippen MR) is 77.8 cm³/mol. The molecule has 1 heterocycles. The number of aryl methyl sites for hydroxylation is 1. The smallest absolute Gasteiger partial charge is 0.219 e. The van der Waals surface area contributed by atoms with Crippen LogP contribution in [0, 0.1) is 12.7 Å². The van der Waals surface area contributed by atoms with Crippen molar-refractivity contribution in [3.63, 3.8) is 0 Å². The minimum absolute atomic E-state index is 0.0306. The van der Waals surface area contributed by atoms with Crippen molar-refractivity contribution in [3.8, 4) is 11.6 Å². The first kappa shape index (κ1) is 14.8. The second-order valence-corrected chi connectivity index (χ2v) is 4.80. The number of halogens is 2. The Morgan fingerprint density at radius 1 is 1.35 bits per heavy atom. The van der Waals surface area contributed by atoms with Gasteiger partial charge in [0, 0.05) is 18.3 Å². The fraction of sp³-hybridized carbons (Fsp3) is 0.267. The highest BCUT2D eigenvalue weighted by atomic mass is 35.5. The third-order valence-corrected chi connectivity index (χ3v) is 2.99. The van der Waals surface area contributed by atoms with Crippen molar-refractivity contribution in [2.45, 2.75) is 20.4 Å². The van der Waals surface area contributed by atoms with E-state index < -0.39 is 5.82 Å². The summed E-state index contributed by atoms with van der Waals surface area (Å²) >= 11 is 5.73. The first-order chi connectivity index (χ1) is 9.60. The van der Waals surface area contributed by atoms with Crippen LogP contribution in [0.25, 0.3) is 0 Å². The molecule has 106 valence electrons. The molecule has 5 heteroatoms. The highest BCUT2D eigenvalue weighted by Crippen LogP contribution is 2.28. The fourth-order valence-corrected chi connectivity index (χ4v) is 1.97. The molecule has 1 aromatic heterocycles. The normalized spacial score (nSPS) is 10.6. The zero-order chi connectivity index (χ0) is 14.5. The SMILES string of the molecule is CCNCc1cc(C)nc(Oc2cccc(Cl)c2F)c1. The third-order valence-electron chi connectivity index (χ3n) is 2.70. The lowest BCUT2D eigenvalue weighted by Gasteiger charge is -2.10. The van der Waals surface area contributed by atoms with Gasteiger partial charge in [0.05, 0.1) is 5.02 Å². The van der Waals surface area contributed by atoms with Gasteiger partial charge in [-0.25, -0.2) is 9.37 Å². The summed E-state index contributed by atoms with van der Waals surface area (Å²) in [7, 11) is 0. The maximum atomic E-state index is 13.8. The van der Waals surface area contributed by atoms with E-state index in [-0.39, 0.29) is 10.8 Å². The van der Waals surface area contributed by atoms with Gasteiger partial charge in [-0.3, -0.25) is 0 Å². The molecule has 1 aromatic carbocycles. The van der Waals surface area contributed by atoms with Crippen LogP contribution >= 0.6 is 11.6 Å². The molecule has 0 atom stereocenters. The van der Waals surface area contributed by atoms with E-state index in [0.717, 1.165) is 17.8 Å². The van der Waals surface area contributed by atoms with Gasteiger partial charge >= 0.3 is 0 Å². The molecule has 0 aliphatic carbocycles. The van der Waals surface area contributed by atoms with Crippen LogP contribution in [-0.4, -0.2) is 11.5 Å². The van der Waals surface area contributed by atoms with Crippen molar-refractivity contribution in [1.29, 1.82) is 0 Å². The summed E-state index contributed by atoms with van der Waals surface area (Å²) in [5.41, 5.74) is 1.86. The monoisotopic (exact) mass is 294 g/mol. The van der Waals surface area contributed by atoms with Crippen LogP contribution in [0.5, 0.6) is 11.6 Å². The molecule has 20 heavy (non-hydrogen) atoms. The summed E-state index contributed by atoms with van der Waals surface area (Å²) in [6.45, 7) is 5.50. The van der Waals surface area contributed by atoms with Gasteiger partial charge in [0.15, 0.2) is 11.6 Å². The Kier molecular flexibility index (Phi) is 4.93. The van der Waals surface area contributed by atoms with Gasteiger partial charge in [0.2, 0.25) is 5.88 Å². The molecule has 3 nitrogen and oxygen atoms in total. The van der Waals surface area contributed by atoms with Crippen LogP contribution in [-0.2, 0) is 6.54 Å². The molecule has 0 aliphatic rings. The van der Waals surface area contributed by atoms with Gasteiger partial charge in [0.25, 0.3) is 0 Å². The summed E-state index contributed by atoms with van der Waals surface area (Å²) < 4.78 is 19.3. The molecular formula is C15H16ClFN2O. The van der Waals surface area contributed by atoms with Crippen molar-refractivity contribution in [1.82, 2.24) is 10.3 Å². The van der Waals surface area contributed by atoms with Crippen molar-refractivity contribution in [3.05, 3.63) is 52.4 Å². The standard InChI is InChI=1S/C15H16ClFN2O/c1-3-18-9-11-7-10(2)19-14(8-11)20-13-6-4-5-12(16)15(13)17/h4-8,18H,3,9H2,1-2H3. The Hall–Kier alpha value is -1.65. The lowest BCUT2D eigenvalue weighted by Crippen LogP contribution is -2.12. The van der Waals surface area contributed by atoms with E-state index in [9.17, 15) is 4.39 Å². The van der Waals surface area contributed by atoms with Crippen molar-refractivity contribution in [2.75, 3.05) is 6.54 Å². The minimum atomic E-state index is -0.578. The summed E-state index contributed by atoms with van der Waals surface area (Å²) in [5.74, 6) is -0.144. The number of benzene rings is 1. The summed E-state index contributed by atoms with van der Waals surface area (Å²) in [6, 6.07) is 8.38. The number of ether oxygens (including phenoxy) is 1. The Morgan fingerprint density at radius 2 is 2.15 bits per heavy atom. The largest absolute Gasteiger partial charge is 0.436 e. The molecule has 2 aromatic rings. The Bertz CT molecular complexity index is 604. The molecule has 0 saturated carbocycles. The Balaban J connectivity index is 2.24. The third kappa shape index (κ3) is 3.68. The lowest BCUT2D eigenvalue weighted by molar-refractivity contribution is 0.426. The van der Waals surface area contributed by atoms with Gasteiger partial charge in [-0.15, -0.1) is 0 Å². The Labute approximate surface area is 122 Å². The number of nitrogens with zero attached hydrogens (tertiary/aromatic N) is 1. The van der Waals surface area contributed by atoms with E-state index in [1.54, 1.807) is 12.1 Å². The van der Waals surface area contributed by atoms with Crippen LogP contribution < -0.4 is 10.1 Å². The molecule has 0 radical (unpaired) electrons. The number of nitrogens with one attached hydrogen (secondary N) is 1. The first-order valence-electron chi connectivity index (χ1n) is 6.40. The van der Waals surface area contributed by atoms with Crippen molar-refractivity contribution < 1.29 is 9.13 Å². The fourth-order valence-electron chi connectivity index (χ4n) is 1.81. The first-order valence-corrected chi connectivity index (χ1v) is 6.78. The maximum absolute atomic E-state index is 13.8. The van der Waals surface area contributed by atoms with Crippen LogP contribution in [0.4, 0.5) is 4.39 Å². The molecule has 0 aliphatic heterocycles. The van der Waals surface area contributed by atoms with Crippen molar-refractivity contribution >= 4 is 11.6 Å². The van der Waals surface area contributed by atoms with Gasteiger partial charge in [-0.1, -0.05) is 24.6 Å². The molecule has 0 saturated heterocycles. The second kappa shape index (κ2) is 6.68. The van der Waals surface area contributed by atoms with Crippen LogP contribution in [0.15, 0.2) is 30.3 Å². The van der Waals surface area contributed by atoms with Gasteiger partial charge in [-0.05, 0) is 37.2 Å². The average Bonchev–Trinajstić information content (AvgIpc) is 2.41. The van der Waals surface area contributed by atoms with E-state index in [2.05, 4.69) is 10.3 Å². The lowest BCUT2D eigenvalue weighted by atomic mass is 10.2. The van der Waals surface area contributed by atoms with E-state index >= 15 is 0 Å². The number of rotatable bonds is 5. The zero-order valence-corrected chi connectivity index (χ0v) is 12.2. The second-order valence-electron chi connectivity index (χ2n) is 4.39. The van der Waals surface area contributed by atoms with E-state index in [4.69, 9.17) is 16.3 Å². The molecule has 0 bridgehead atoms. The Morgan fingerprint density at radius 3 is 2.90 bits per heavy atom. The zero-order valence-electron chi connectivity index (χ0n) is 11.4. The number of hydrogen-bond acceptors (Lipinski definition) is 3. The predicted octanol–water partition coefficient (Wildman–Crippen LogP) is 4.08. The van der Waals surface area contributed by atoms with Gasteiger partial charge in [0.1, 0.15) is 0 Å². The van der Waals surface area contributed by atoms with E-state index in [1.807, 2.05) is 19.9 Å². The van der Waals surface area contributed by atoms with E-state index in [1.165, 1.54) is 12.1 Å². The van der Waals surface area contributed by atoms with Crippen LogP contribution in [0.3, 0.4) is 0 Å². The molecule has 0 spiro atoms. The molecule has 0 fully saturated rings. The van der Waals surface area contributed by atoms with Crippen molar-refractivity contribution in [2.24, 2.45) is 0 Å². The molecule has 1 N–H and O–H groups in total. The van der Waals surface area contributed by atoms with Gasteiger partial charge < -0.3 is 10.1 Å². The highest BCUT2D eigenvalue weighted by Gasteiger charge is 2.10. The number of hydrogen-bond donors (Lipinski definition) is 1. The minimum Gasteiger partial charge on any atom is -0.436 e. The average molecular weight is 295 g/mol. The molecule has 2 rings (SSSR count). The van der Waals surface area contributed by atoms with Gasteiger partial charge in [-0.2, -0.15) is 0 Å². The topological polar surface area (TPSA) is 34.2 Å². The van der Waals surface area contributed by atoms with Crippen LogP contribution in [0.2, 0.25) is 5.02 Å². The highest BCUT2D eigenvalue weighted by molar-refractivity contribution is 6.30. The molecule has 0 unspecified atom stereocenters. The molecule has 0 amide bonds. The van der Waals surface area contributed by atoms with E-state index in [0.29, 0.717) is 12.4 Å².